The summed E-state index contributed by atoms with van der Waals surface area (Å²) < 4.78 is 16.5. The molecular weight excluding hydrogens is 286 g/mol. The Balaban J connectivity index is 1.80. The maximum Gasteiger partial charge on any atom is 0.410 e. The van der Waals surface area contributed by atoms with Crippen LogP contribution < -0.4 is 0 Å². The number of aromatic nitrogens is 2. The molecule has 0 spiro atoms. The number of amides is 1. The van der Waals surface area contributed by atoms with Crippen molar-refractivity contribution in [1.29, 1.82) is 0 Å². The number of aryl methyl sites for hydroxylation is 1. The van der Waals surface area contributed by atoms with Crippen LogP contribution in [0, 0.1) is 6.92 Å². The Kier molecular flexibility index (Phi) is 5.05. The Morgan fingerprint density at radius 2 is 2.14 bits per heavy atom. The van der Waals surface area contributed by atoms with Gasteiger partial charge in [-0.05, 0) is 40.5 Å². The van der Waals surface area contributed by atoms with Crippen LogP contribution in [-0.4, -0.2) is 45.5 Å². The second-order valence-electron chi connectivity index (χ2n) is 6.69. The monoisotopic (exact) mass is 311 g/mol. The highest BCUT2D eigenvalue weighted by Gasteiger charge is 2.32. The molecule has 1 fully saturated rings. The predicted octanol–water partition coefficient (Wildman–Crippen LogP) is 2.68. The van der Waals surface area contributed by atoms with Crippen molar-refractivity contribution in [2.45, 2.75) is 71.8 Å². The Bertz CT molecular complexity index is 509. The summed E-state index contributed by atoms with van der Waals surface area (Å²) in [5.74, 6) is 1.02. The van der Waals surface area contributed by atoms with Gasteiger partial charge in [0, 0.05) is 19.5 Å². The fraction of sp³-hybridized carbons (Fsp3) is 0.800. The zero-order valence-electron chi connectivity index (χ0n) is 14.0. The average Bonchev–Trinajstić information content (AvgIpc) is 2.80. The van der Waals surface area contributed by atoms with E-state index in [2.05, 4.69) is 10.2 Å². The molecule has 7 heteroatoms. The van der Waals surface area contributed by atoms with E-state index >= 15 is 0 Å². The molecule has 22 heavy (non-hydrogen) atoms. The van der Waals surface area contributed by atoms with Crippen molar-refractivity contribution >= 4 is 6.09 Å². The minimum absolute atomic E-state index is 0.0815. The van der Waals surface area contributed by atoms with Crippen molar-refractivity contribution in [3.8, 4) is 0 Å². The van der Waals surface area contributed by atoms with Crippen LogP contribution in [0.1, 0.15) is 52.3 Å². The summed E-state index contributed by atoms with van der Waals surface area (Å²) in [6, 6.07) is 0.0815. The molecule has 1 aromatic heterocycles. The van der Waals surface area contributed by atoms with Crippen LogP contribution in [0.5, 0.6) is 0 Å². The molecule has 7 nitrogen and oxygen atoms in total. The number of piperidine rings is 1. The van der Waals surface area contributed by atoms with E-state index in [1.54, 1.807) is 11.8 Å². The number of hydrogen-bond donors (Lipinski definition) is 0. The summed E-state index contributed by atoms with van der Waals surface area (Å²) in [5, 5.41) is 7.68. The molecule has 0 saturated carbocycles. The maximum atomic E-state index is 12.1. The summed E-state index contributed by atoms with van der Waals surface area (Å²) in [4.78, 5) is 13.9. The van der Waals surface area contributed by atoms with Crippen LogP contribution in [0.4, 0.5) is 4.79 Å². The first-order chi connectivity index (χ1) is 10.2. The van der Waals surface area contributed by atoms with Crippen LogP contribution in [0.15, 0.2) is 4.42 Å². The second-order valence-corrected chi connectivity index (χ2v) is 6.69. The molecule has 2 atom stereocenters. The molecule has 0 radical (unpaired) electrons. The third kappa shape index (κ3) is 4.69. The fourth-order valence-corrected chi connectivity index (χ4v) is 2.46. The zero-order chi connectivity index (χ0) is 16.3. The largest absolute Gasteiger partial charge is 0.444 e. The van der Waals surface area contributed by atoms with Gasteiger partial charge in [-0.1, -0.05) is 0 Å². The van der Waals surface area contributed by atoms with E-state index < -0.39 is 5.60 Å². The average molecular weight is 311 g/mol. The van der Waals surface area contributed by atoms with Gasteiger partial charge in [0.1, 0.15) is 12.2 Å². The van der Waals surface area contributed by atoms with Crippen molar-refractivity contribution < 1.29 is 18.7 Å². The molecule has 0 N–H and O–H groups in total. The highest BCUT2D eigenvalue weighted by molar-refractivity contribution is 5.68. The Morgan fingerprint density at radius 1 is 1.41 bits per heavy atom. The highest BCUT2D eigenvalue weighted by Crippen LogP contribution is 2.23. The van der Waals surface area contributed by atoms with Crippen LogP contribution in [0.25, 0.3) is 0 Å². The number of ether oxygens (including phenoxy) is 2. The van der Waals surface area contributed by atoms with Gasteiger partial charge in [-0.15, -0.1) is 10.2 Å². The number of nitrogens with zero attached hydrogens (tertiary/aromatic N) is 3. The molecule has 1 saturated heterocycles. The summed E-state index contributed by atoms with van der Waals surface area (Å²) in [6.45, 7) is 10.3. The number of hydrogen-bond acceptors (Lipinski definition) is 6. The molecule has 1 aliphatic heterocycles. The molecule has 2 heterocycles. The molecule has 0 bridgehead atoms. The molecule has 0 aliphatic carbocycles. The standard InChI is InChI=1S/C15H25N3O4/c1-10-8-12(20-9-13-17-16-11(2)21-13)6-7-18(10)14(19)22-15(3,4)5/h10,12H,6-9H2,1-5H3/t10-,12-/m0/s1. The van der Waals surface area contributed by atoms with Crippen LogP contribution in [0.2, 0.25) is 0 Å². The Morgan fingerprint density at radius 3 is 2.68 bits per heavy atom. The van der Waals surface area contributed by atoms with Crippen molar-refractivity contribution in [3.63, 3.8) is 0 Å². The maximum absolute atomic E-state index is 12.1. The third-order valence-electron chi connectivity index (χ3n) is 3.47. The normalized spacial score (nSPS) is 22.7. The van der Waals surface area contributed by atoms with E-state index in [9.17, 15) is 4.79 Å². The van der Waals surface area contributed by atoms with Gasteiger partial charge < -0.3 is 18.8 Å². The quantitative estimate of drug-likeness (QED) is 0.854. The van der Waals surface area contributed by atoms with Crippen LogP contribution in [-0.2, 0) is 16.1 Å². The van der Waals surface area contributed by atoms with Crippen molar-refractivity contribution in [2.24, 2.45) is 0 Å². The summed E-state index contributed by atoms with van der Waals surface area (Å²) in [5.41, 5.74) is -0.472. The van der Waals surface area contributed by atoms with Gasteiger partial charge in [-0.3, -0.25) is 0 Å². The van der Waals surface area contributed by atoms with E-state index in [1.807, 2.05) is 27.7 Å². The minimum Gasteiger partial charge on any atom is -0.444 e. The van der Waals surface area contributed by atoms with Crippen molar-refractivity contribution in [1.82, 2.24) is 15.1 Å². The van der Waals surface area contributed by atoms with Crippen LogP contribution in [0.3, 0.4) is 0 Å². The predicted molar refractivity (Wildman–Crippen MR) is 79.2 cm³/mol. The summed E-state index contributed by atoms with van der Waals surface area (Å²) in [7, 11) is 0. The van der Waals surface area contributed by atoms with Crippen LogP contribution >= 0.6 is 0 Å². The Hall–Kier alpha value is -1.63. The van der Waals surface area contributed by atoms with E-state index in [1.165, 1.54) is 0 Å². The first-order valence-corrected chi connectivity index (χ1v) is 7.65. The molecule has 1 aliphatic rings. The van der Waals surface area contributed by atoms with E-state index in [0.717, 1.165) is 12.8 Å². The fourth-order valence-electron chi connectivity index (χ4n) is 2.46. The number of likely N-dealkylation sites (tertiary alicyclic amines) is 1. The molecule has 124 valence electrons. The molecule has 0 unspecified atom stereocenters. The van der Waals surface area contributed by atoms with Gasteiger partial charge in [0.25, 0.3) is 0 Å². The molecule has 1 aromatic rings. The number of carbonyl (C=O) groups is 1. The smallest absolute Gasteiger partial charge is 0.410 e. The molecule has 2 rings (SSSR count). The third-order valence-corrected chi connectivity index (χ3v) is 3.47. The highest BCUT2D eigenvalue weighted by atomic mass is 16.6. The lowest BCUT2D eigenvalue weighted by Crippen LogP contribution is -2.48. The zero-order valence-corrected chi connectivity index (χ0v) is 14.0. The molecular formula is C15H25N3O4. The second kappa shape index (κ2) is 6.64. The first-order valence-electron chi connectivity index (χ1n) is 7.65. The van der Waals surface area contributed by atoms with Gasteiger partial charge in [0.2, 0.25) is 11.8 Å². The lowest BCUT2D eigenvalue weighted by Gasteiger charge is -2.38. The van der Waals surface area contributed by atoms with Crippen molar-refractivity contribution in [3.05, 3.63) is 11.8 Å². The van der Waals surface area contributed by atoms with E-state index in [-0.39, 0.29) is 18.2 Å². The van der Waals surface area contributed by atoms with Gasteiger partial charge in [-0.2, -0.15) is 0 Å². The van der Waals surface area contributed by atoms with E-state index in [4.69, 9.17) is 13.9 Å². The number of rotatable bonds is 3. The summed E-state index contributed by atoms with van der Waals surface area (Å²) >= 11 is 0. The minimum atomic E-state index is -0.472. The topological polar surface area (TPSA) is 77.7 Å². The first kappa shape index (κ1) is 16.7. The summed E-state index contributed by atoms with van der Waals surface area (Å²) in [6.07, 6.45) is 1.37. The molecule has 1 amide bonds. The lowest BCUT2D eigenvalue weighted by molar-refractivity contribution is -0.0376. The van der Waals surface area contributed by atoms with E-state index in [0.29, 0.717) is 24.9 Å². The lowest BCUT2D eigenvalue weighted by atomic mass is 10.0. The van der Waals surface area contributed by atoms with Gasteiger partial charge in [-0.25, -0.2) is 4.79 Å². The van der Waals surface area contributed by atoms with Gasteiger partial charge in [0.15, 0.2) is 0 Å². The Labute approximate surface area is 131 Å². The molecule has 0 aromatic carbocycles. The van der Waals surface area contributed by atoms with Gasteiger partial charge in [0.05, 0.1) is 6.10 Å². The SMILES string of the molecule is Cc1nnc(CO[C@H]2CCN(C(=O)OC(C)(C)C)[C@@H](C)C2)o1. The number of carbonyl (C=O) groups excluding carboxylic acids is 1. The van der Waals surface area contributed by atoms with Crippen molar-refractivity contribution in [2.75, 3.05) is 6.54 Å². The van der Waals surface area contributed by atoms with Gasteiger partial charge >= 0.3 is 6.09 Å².